The maximum absolute atomic E-state index is 5.19. The van der Waals surface area contributed by atoms with E-state index < -0.39 is 0 Å². The third kappa shape index (κ3) is 2.01. The highest BCUT2D eigenvalue weighted by Gasteiger charge is 2.18. The zero-order chi connectivity index (χ0) is 11.7. The van der Waals surface area contributed by atoms with Gasteiger partial charge >= 0.3 is 0 Å². The van der Waals surface area contributed by atoms with Gasteiger partial charge in [0.2, 0.25) is 12.3 Å². The summed E-state index contributed by atoms with van der Waals surface area (Å²) in [5, 5.41) is 11.0. The van der Waals surface area contributed by atoms with Crippen molar-refractivity contribution in [1.82, 2.24) is 10.2 Å². The van der Waals surface area contributed by atoms with Gasteiger partial charge in [0.05, 0.1) is 19.3 Å². The number of hydrogen-bond donors (Lipinski definition) is 1. The molecule has 0 spiro atoms. The van der Waals surface area contributed by atoms with Gasteiger partial charge in [0, 0.05) is 11.3 Å². The second kappa shape index (κ2) is 4.18. The summed E-state index contributed by atoms with van der Waals surface area (Å²) in [7, 11) is 0. The van der Waals surface area contributed by atoms with Crippen molar-refractivity contribution < 1.29 is 9.15 Å². The molecule has 0 saturated carbocycles. The second-order valence-electron chi connectivity index (χ2n) is 4.15. The Kier molecular flexibility index (Phi) is 2.53. The standard InChI is InChI=1S/C12H13N3O2/c1-8-2-3-9(12-15-13-7-17-12)4-11(8)14-10-5-16-6-10/h2-4,7,10,14H,5-6H2,1H3. The summed E-state index contributed by atoms with van der Waals surface area (Å²) < 4.78 is 10.3. The van der Waals surface area contributed by atoms with Crippen LogP contribution in [0.4, 0.5) is 5.69 Å². The molecule has 1 saturated heterocycles. The summed E-state index contributed by atoms with van der Waals surface area (Å²) in [5.74, 6) is 0.540. The van der Waals surface area contributed by atoms with Gasteiger partial charge in [0.25, 0.3) is 0 Å². The van der Waals surface area contributed by atoms with E-state index in [1.807, 2.05) is 18.2 Å². The minimum absolute atomic E-state index is 0.409. The maximum Gasteiger partial charge on any atom is 0.247 e. The van der Waals surface area contributed by atoms with Gasteiger partial charge in [-0.05, 0) is 24.6 Å². The minimum Gasteiger partial charge on any atom is -0.423 e. The van der Waals surface area contributed by atoms with Crippen molar-refractivity contribution in [2.75, 3.05) is 18.5 Å². The monoisotopic (exact) mass is 231 g/mol. The van der Waals surface area contributed by atoms with Crippen LogP contribution in [0.15, 0.2) is 29.0 Å². The Morgan fingerprint density at radius 1 is 1.35 bits per heavy atom. The number of benzene rings is 1. The summed E-state index contributed by atoms with van der Waals surface area (Å²) in [6.07, 6.45) is 1.34. The average Bonchev–Trinajstić information content (AvgIpc) is 2.79. The lowest BCUT2D eigenvalue weighted by Gasteiger charge is -2.28. The molecule has 5 nitrogen and oxygen atoms in total. The third-order valence-corrected chi connectivity index (χ3v) is 2.84. The van der Waals surface area contributed by atoms with E-state index >= 15 is 0 Å². The molecule has 17 heavy (non-hydrogen) atoms. The van der Waals surface area contributed by atoms with Gasteiger partial charge in [-0.15, -0.1) is 10.2 Å². The fourth-order valence-electron chi connectivity index (χ4n) is 1.75. The molecule has 88 valence electrons. The van der Waals surface area contributed by atoms with Gasteiger partial charge in [-0.3, -0.25) is 0 Å². The van der Waals surface area contributed by atoms with Crippen molar-refractivity contribution in [3.05, 3.63) is 30.2 Å². The Morgan fingerprint density at radius 3 is 2.88 bits per heavy atom. The molecule has 0 radical (unpaired) electrons. The quantitative estimate of drug-likeness (QED) is 0.873. The van der Waals surface area contributed by atoms with E-state index in [1.54, 1.807) is 0 Å². The minimum atomic E-state index is 0.409. The molecular weight excluding hydrogens is 218 g/mol. The third-order valence-electron chi connectivity index (χ3n) is 2.84. The smallest absolute Gasteiger partial charge is 0.247 e. The number of aryl methyl sites for hydroxylation is 1. The van der Waals surface area contributed by atoms with Gasteiger partial charge < -0.3 is 14.5 Å². The molecule has 1 aromatic heterocycles. The van der Waals surface area contributed by atoms with Crippen LogP contribution in [0.25, 0.3) is 11.5 Å². The molecule has 0 unspecified atom stereocenters. The predicted molar refractivity (Wildman–Crippen MR) is 62.7 cm³/mol. The average molecular weight is 231 g/mol. The number of ether oxygens (including phenoxy) is 1. The first-order valence-corrected chi connectivity index (χ1v) is 5.54. The molecule has 1 aromatic carbocycles. The highest BCUT2D eigenvalue weighted by atomic mass is 16.5. The van der Waals surface area contributed by atoms with Gasteiger partial charge in [-0.1, -0.05) is 6.07 Å². The van der Waals surface area contributed by atoms with Crippen LogP contribution in [0.5, 0.6) is 0 Å². The van der Waals surface area contributed by atoms with Crippen LogP contribution in [0.1, 0.15) is 5.56 Å². The van der Waals surface area contributed by atoms with Crippen LogP contribution in [0.3, 0.4) is 0 Å². The van der Waals surface area contributed by atoms with E-state index in [0.29, 0.717) is 11.9 Å². The van der Waals surface area contributed by atoms with Crippen molar-refractivity contribution in [1.29, 1.82) is 0 Å². The molecular formula is C12H13N3O2. The molecule has 1 fully saturated rings. The van der Waals surface area contributed by atoms with Crippen molar-refractivity contribution in [3.8, 4) is 11.5 Å². The first-order valence-electron chi connectivity index (χ1n) is 5.54. The van der Waals surface area contributed by atoms with Crippen LogP contribution < -0.4 is 5.32 Å². The van der Waals surface area contributed by atoms with E-state index in [0.717, 1.165) is 24.5 Å². The Hall–Kier alpha value is -1.88. The maximum atomic E-state index is 5.19. The molecule has 0 amide bonds. The number of aromatic nitrogens is 2. The molecule has 1 N–H and O–H groups in total. The van der Waals surface area contributed by atoms with E-state index in [2.05, 4.69) is 22.4 Å². The van der Waals surface area contributed by atoms with Gasteiger partial charge in [0.15, 0.2) is 0 Å². The van der Waals surface area contributed by atoms with Crippen LogP contribution >= 0.6 is 0 Å². The van der Waals surface area contributed by atoms with Crippen molar-refractivity contribution in [3.63, 3.8) is 0 Å². The van der Waals surface area contributed by atoms with E-state index in [9.17, 15) is 0 Å². The number of rotatable bonds is 3. The van der Waals surface area contributed by atoms with Gasteiger partial charge in [-0.25, -0.2) is 0 Å². The van der Waals surface area contributed by atoms with Crippen molar-refractivity contribution >= 4 is 5.69 Å². The summed E-state index contributed by atoms with van der Waals surface area (Å²) in [5.41, 5.74) is 3.21. The number of nitrogens with zero attached hydrogens (tertiary/aromatic N) is 2. The lowest BCUT2D eigenvalue weighted by molar-refractivity contribution is 0.0211. The van der Waals surface area contributed by atoms with Crippen LogP contribution in [0, 0.1) is 6.92 Å². The summed E-state index contributed by atoms with van der Waals surface area (Å²) in [6, 6.07) is 6.46. The van der Waals surface area contributed by atoms with E-state index in [1.165, 1.54) is 12.0 Å². The molecule has 5 heteroatoms. The molecule has 0 bridgehead atoms. The van der Waals surface area contributed by atoms with Crippen LogP contribution in [-0.2, 0) is 4.74 Å². The Morgan fingerprint density at radius 2 is 2.24 bits per heavy atom. The lowest BCUT2D eigenvalue weighted by Crippen LogP contribution is -2.40. The normalized spacial score (nSPS) is 15.6. The van der Waals surface area contributed by atoms with E-state index in [-0.39, 0.29) is 0 Å². The zero-order valence-electron chi connectivity index (χ0n) is 9.51. The second-order valence-corrected chi connectivity index (χ2v) is 4.15. The largest absolute Gasteiger partial charge is 0.423 e. The molecule has 3 rings (SSSR count). The van der Waals surface area contributed by atoms with Gasteiger partial charge in [0.1, 0.15) is 0 Å². The predicted octanol–water partition coefficient (Wildman–Crippen LogP) is 1.86. The summed E-state index contributed by atoms with van der Waals surface area (Å²) in [6.45, 7) is 3.61. The van der Waals surface area contributed by atoms with Crippen molar-refractivity contribution in [2.45, 2.75) is 13.0 Å². The lowest BCUT2D eigenvalue weighted by atomic mass is 10.1. The molecule has 1 aliphatic heterocycles. The van der Waals surface area contributed by atoms with Crippen molar-refractivity contribution in [2.24, 2.45) is 0 Å². The van der Waals surface area contributed by atoms with Crippen LogP contribution in [-0.4, -0.2) is 29.5 Å². The highest BCUT2D eigenvalue weighted by Crippen LogP contribution is 2.25. The van der Waals surface area contributed by atoms with E-state index in [4.69, 9.17) is 9.15 Å². The molecule has 2 aromatic rings. The van der Waals surface area contributed by atoms with Crippen LogP contribution in [0.2, 0.25) is 0 Å². The molecule has 1 aliphatic rings. The fourth-order valence-corrected chi connectivity index (χ4v) is 1.75. The topological polar surface area (TPSA) is 60.2 Å². The molecule has 0 atom stereocenters. The Balaban J connectivity index is 1.89. The Labute approximate surface area is 98.8 Å². The summed E-state index contributed by atoms with van der Waals surface area (Å²) in [4.78, 5) is 0. The molecule has 0 aliphatic carbocycles. The summed E-state index contributed by atoms with van der Waals surface area (Å²) >= 11 is 0. The number of hydrogen-bond acceptors (Lipinski definition) is 5. The zero-order valence-corrected chi connectivity index (χ0v) is 9.51. The number of anilines is 1. The SMILES string of the molecule is Cc1ccc(-c2nnco2)cc1NC1COC1. The highest BCUT2D eigenvalue weighted by molar-refractivity contribution is 5.64. The Bertz CT molecular complexity index is 506. The fraction of sp³-hybridized carbons (Fsp3) is 0.333. The number of nitrogens with one attached hydrogen (secondary N) is 1. The first kappa shape index (κ1) is 10.3. The van der Waals surface area contributed by atoms with Gasteiger partial charge in [-0.2, -0.15) is 0 Å². The first-order chi connectivity index (χ1) is 8.33. The molecule has 2 heterocycles.